The third-order valence-corrected chi connectivity index (χ3v) is 4.72. The van der Waals surface area contributed by atoms with Crippen molar-refractivity contribution in [1.82, 2.24) is 4.72 Å². The lowest BCUT2D eigenvalue weighted by Gasteiger charge is -2.33. The summed E-state index contributed by atoms with van der Waals surface area (Å²) in [7, 11) is -3.69. The Balaban J connectivity index is 2.21. The van der Waals surface area contributed by atoms with E-state index in [1.165, 1.54) is 18.2 Å². The van der Waals surface area contributed by atoms with Crippen molar-refractivity contribution < 1.29 is 17.5 Å². The van der Waals surface area contributed by atoms with E-state index >= 15 is 0 Å². The van der Waals surface area contributed by atoms with Crippen LogP contribution in [0.25, 0.3) is 0 Å². The van der Waals surface area contributed by atoms with Crippen LogP contribution in [0.2, 0.25) is 0 Å². The fraction of sp³-hybridized carbons (Fsp3) is 0.500. The molecule has 1 aromatic carbocycles. The molecule has 100 valence electrons. The van der Waals surface area contributed by atoms with E-state index in [0.717, 1.165) is 6.07 Å². The highest BCUT2D eigenvalue weighted by Crippen LogP contribution is 2.23. The fourth-order valence-electron chi connectivity index (χ4n) is 1.94. The van der Waals surface area contributed by atoms with Gasteiger partial charge in [0.15, 0.2) is 0 Å². The summed E-state index contributed by atoms with van der Waals surface area (Å²) in [5, 5.41) is 0. The van der Waals surface area contributed by atoms with Gasteiger partial charge in [0.1, 0.15) is 5.82 Å². The molecule has 1 aliphatic rings. The summed E-state index contributed by atoms with van der Waals surface area (Å²) in [5.74, 6) is -0.560. The Labute approximate surface area is 106 Å². The molecule has 0 bridgehead atoms. The van der Waals surface area contributed by atoms with Crippen LogP contribution in [0.1, 0.15) is 19.8 Å². The molecule has 0 aliphatic carbocycles. The van der Waals surface area contributed by atoms with Gasteiger partial charge in [0, 0.05) is 18.8 Å². The molecule has 0 amide bonds. The molecular weight excluding hydrogens is 257 g/mol. The summed E-state index contributed by atoms with van der Waals surface area (Å²) < 4.78 is 45.2. The highest BCUT2D eigenvalue weighted by molar-refractivity contribution is 7.89. The summed E-state index contributed by atoms with van der Waals surface area (Å²) in [6.45, 7) is 2.90. The smallest absolute Gasteiger partial charge is 0.241 e. The number of nitrogens with one attached hydrogen (secondary N) is 1. The van der Waals surface area contributed by atoms with Gasteiger partial charge in [0.25, 0.3) is 0 Å². The normalized spacial score (nSPS) is 19.7. The molecule has 1 fully saturated rings. The monoisotopic (exact) mass is 273 g/mol. The van der Waals surface area contributed by atoms with Crippen LogP contribution in [-0.4, -0.2) is 27.2 Å². The Morgan fingerprint density at radius 3 is 2.61 bits per heavy atom. The molecule has 1 aromatic rings. The van der Waals surface area contributed by atoms with Crippen molar-refractivity contribution in [3.05, 3.63) is 30.1 Å². The lowest BCUT2D eigenvalue weighted by molar-refractivity contribution is 0.0537. The maximum absolute atomic E-state index is 13.1. The minimum Gasteiger partial charge on any atom is -0.381 e. The molecule has 1 aliphatic heterocycles. The van der Waals surface area contributed by atoms with E-state index in [4.69, 9.17) is 4.74 Å². The Hall–Kier alpha value is -0.980. The Kier molecular flexibility index (Phi) is 3.70. The quantitative estimate of drug-likeness (QED) is 0.911. The van der Waals surface area contributed by atoms with Gasteiger partial charge in [-0.2, -0.15) is 0 Å². The number of hydrogen-bond acceptors (Lipinski definition) is 3. The maximum atomic E-state index is 13.1. The van der Waals surface area contributed by atoms with Crippen LogP contribution in [0.15, 0.2) is 29.2 Å². The van der Waals surface area contributed by atoms with Gasteiger partial charge in [-0.3, -0.25) is 0 Å². The van der Waals surface area contributed by atoms with Crippen LogP contribution in [-0.2, 0) is 14.8 Å². The van der Waals surface area contributed by atoms with Crippen molar-refractivity contribution in [2.24, 2.45) is 0 Å². The summed E-state index contributed by atoms with van der Waals surface area (Å²) in [4.78, 5) is -0.0461. The van der Waals surface area contributed by atoms with Crippen molar-refractivity contribution in [3.8, 4) is 0 Å². The van der Waals surface area contributed by atoms with Crippen LogP contribution in [0.4, 0.5) is 4.39 Å². The zero-order chi connectivity index (χ0) is 13.2. The largest absolute Gasteiger partial charge is 0.381 e. The number of hydrogen-bond donors (Lipinski definition) is 1. The number of rotatable bonds is 3. The molecular formula is C12H16FNO3S. The van der Waals surface area contributed by atoms with Gasteiger partial charge in [-0.25, -0.2) is 17.5 Å². The van der Waals surface area contributed by atoms with Crippen LogP contribution in [0.5, 0.6) is 0 Å². The van der Waals surface area contributed by atoms with Crippen LogP contribution in [0.3, 0.4) is 0 Å². The first-order chi connectivity index (χ1) is 8.41. The van der Waals surface area contributed by atoms with E-state index in [-0.39, 0.29) is 4.90 Å². The fourth-order valence-corrected chi connectivity index (χ4v) is 3.44. The summed E-state index contributed by atoms with van der Waals surface area (Å²) >= 11 is 0. The van der Waals surface area contributed by atoms with E-state index in [2.05, 4.69) is 4.72 Å². The minimum absolute atomic E-state index is 0.0461. The molecule has 18 heavy (non-hydrogen) atoms. The van der Waals surface area contributed by atoms with Gasteiger partial charge >= 0.3 is 0 Å². The molecule has 0 radical (unpaired) electrons. The molecule has 0 spiro atoms. The van der Waals surface area contributed by atoms with E-state index < -0.39 is 21.4 Å². The summed E-state index contributed by atoms with van der Waals surface area (Å²) in [5.41, 5.74) is -0.524. The highest BCUT2D eigenvalue weighted by Gasteiger charge is 2.32. The minimum atomic E-state index is -3.69. The predicted octanol–water partition coefficient (Wildman–Crippen LogP) is 1.67. The predicted molar refractivity (Wildman–Crippen MR) is 65.2 cm³/mol. The average Bonchev–Trinajstić information content (AvgIpc) is 2.28. The van der Waals surface area contributed by atoms with E-state index in [9.17, 15) is 12.8 Å². The molecule has 0 saturated carbocycles. The van der Waals surface area contributed by atoms with E-state index in [1.807, 2.05) is 6.92 Å². The summed E-state index contributed by atoms with van der Waals surface area (Å²) in [6, 6.07) is 5.00. The summed E-state index contributed by atoms with van der Waals surface area (Å²) in [6.07, 6.45) is 1.23. The zero-order valence-electron chi connectivity index (χ0n) is 10.1. The van der Waals surface area contributed by atoms with E-state index in [0.29, 0.717) is 26.1 Å². The van der Waals surface area contributed by atoms with Crippen molar-refractivity contribution in [2.75, 3.05) is 13.2 Å². The molecule has 0 aromatic heterocycles. The number of halogens is 1. The van der Waals surface area contributed by atoms with Crippen molar-refractivity contribution in [3.63, 3.8) is 0 Å². The first-order valence-corrected chi connectivity index (χ1v) is 7.27. The molecule has 0 atom stereocenters. The lowest BCUT2D eigenvalue weighted by atomic mass is 9.94. The Bertz CT molecular complexity index is 524. The molecule has 1 N–H and O–H groups in total. The molecule has 2 rings (SSSR count). The van der Waals surface area contributed by atoms with Gasteiger partial charge in [-0.05, 0) is 38.0 Å². The second kappa shape index (κ2) is 4.95. The average molecular weight is 273 g/mol. The van der Waals surface area contributed by atoms with Crippen molar-refractivity contribution in [2.45, 2.75) is 30.2 Å². The van der Waals surface area contributed by atoms with Gasteiger partial charge < -0.3 is 4.74 Å². The number of benzene rings is 1. The second-order valence-electron chi connectivity index (χ2n) is 4.74. The van der Waals surface area contributed by atoms with Gasteiger partial charge in [-0.15, -0.1) is 0 Å². The maximum Gasteiger partial charge on any atom is 0.241 e. The molecule has 6 heteroatoms. The van der Waals surface area contributed by atoms with Crippen molar-refractivity contribution in [1.29, 1.82) is 0 Å². The highest BCUT2D eigenvalue weighted by atomic mass is 32.2. The number of sulfonamides is 1. The second-order valence-corrected chi connectivity index (χ2v) is 6.42. The van der Waals surface area contributed by atoms with Crippen molar-refractivity contribution >= 4 is 10.0 Å². The third kappa shape index (κ3) is 3.07. The zero-order valence-corrected chi connectivity index (χ0v) is 11.0. The van der Waals surface area contributed by atoms with Gasteiger partial charge in [0.2, 0.25) is 10.0 Å². The lowest BCUT2D eigenvalue weighted by Crippen LogP contribution is -2.49. The van der Waals surface area contributed by atoms with Crippen LogP contribution >= 0.6 is 0 Å². The SMILES string of the molecule is CC1(NS(=O)(=O)c2cccc(F)c2)CCOCC1. The van der Waals surface area contributed by atoms with Gasteiger partial charge in [-0.1, -0.05) is 6.07 Å². The topological polar surface area (TPSA) is 55.4 Å². The van der Waals surface area contributed by atoms with E-state index in [1.54, 1.807) is 0 Å². The standard InChI is InChI=1S/C12H16FNO3S/c1-12(5-7-17-8-6-12)14-18(15,16)11-4-2-3-10(13)9-11/h2-4,9,14H,5-8H2,1H3. The Morgan fingerprint density at radius 1 is 1.33 bits per heavy atom. The Morgan fingerprint density at radius 2 is 2.00 bits per heavy atom. The first-order valence-electron chi connectivity index (χ1n) is 5.79. The molecule has 1 saturated heterocycles. The molecule has 1 heterocycles. The first kappa shape index (κ1) is 13.5. The molecule has 4 nitrogen and oxygen atoms in total. The molecule has 0 unspecified atom stereocenters. The van der Waals surface area contributed by atoms with Gasteiger partial charge in [0.05, 0.1) is 4.90 Å². The number of ether oxygens (including phenoxy) is 1. The van der Waals surface area contributed by atoms with Crippen LogP contribution < -0.4 is 4.72 Å². The van der Waals surface area contributed by atoms with Crippen LogP contribution in [0, 0.1) is 5.82 Å². The third-order valence-electron chi connectivity index (χ3n) is 3.08.